The molecule has 0 fully saturated rings. The first-order chi connectivity index (χ1) is 23.0. The highest BCUT2D eigenvalue weighted by Crippen LogP contribution is 2.45. The van der Waals surface area contributed by atoms with E-state index >= 15 is 17.6 Å². The molecule has 3 nitrogen and oxygen atoms in total. The van der Waals surface area contributed by atoms with E-state index in [-0.39, 0.29) is 0 Å². The summed E-state index contributed by atoms with van der Waals surface area (Å²) in [5.41, 5.74) is -11.1. The van der Waals surface area contributed by atoms with Crippen LogP contribution in [0.2, 0.25) is 0 Å². The molecule has 4 aromatic rings. The Balaban J connectivity index is 2.07. The number of hydrogen-bond donors (Lipinski definition) is 0. The van der Waals surface area contributed by atoms with Crippen LogP contribution in [0.1, 0.15) is 33.2 Å². The van der Waals surface area contributed by atoms with Crippen LogP contribution in [0.25, 0.3) is 0 Å². The molecular weight excluding hydrogens is 752 g/mol. The molecule has 4 aromatic carbocycles. The first-order valence-corrected chi connectivity index (χ1v) is 12.0. The summed E-state index contributed by atoms with van der Waals surface area (Å²) in [4.78, 5) is 10.8. The van der Waals surface area contributed by atoms with E-state index in [0.717, 1.165) is 0 Å². The molecule has 23 heteroatoms. The molecule has 1 atom stereocenters. The highest BCUT2D eigenvalue weighted by Gasteiger charge is 2.45. The van der Waals surface area contributed by atoms with Gasteiger partial charge in [-0.25, -0.2) is 48.3 Å². The second kappa shape index (κ2) is 12.9. The normalized spacial score (nSPS) is 12.4. The Hall–Kier alpha value is -5.25. The zero-order valence-corrected chi connectivity index (χ0v) is 22.4. The minimum Gasteiger partial charge on any atom is -0.474 e. The Kier molecular flexibility index (Phi) is 9.69. The molecule has 0 radical (unpaired) electrons. The predicted octanol–water partition coefficient (Wildman–Crippen LogP) is 9.84. The molecule has 0 aliphatic rings. The highest BCUT2D eigenvalue weighted by molar-refractivity contribution is 5.76. The molecular formula is C27H2F20O3. The molecule has 268 valence electrons. The van der Waals surface area contributed by atoms with Gasteiger partial charge in [-0.3, -0.25) is 4.79 Å². The van der Waals surface area contributed by atoms with Gasteiger partial charge in [-0.15, -0.1) is 0 Å². The number of benzene rings is 4. The van der Waals surface area contributed by atoms with Gasteiger partial charge in [0, 0.05) is 0 Å². The zero-order chi connectivity index (χ0) is 38.1. The Labute approximate surface area is 259 Å². The van der Waals surface area contributed by atoms with Gasteiger partial charge in [0.2, 0.25) is 52.2 Å². The van der Waals surface area contributed by atoms with E-state index < -0.39 is 157 Å². The third-order valence-corrected chi connectivity index (χ3v) is 6.35. The van der Waals surface area contributed by atoms with Gasteiger partial charge in [-0.1, -0.05) is 0 Å². The van der Waals surface area contributed by atoms with Crippen molar-refractivity contribution in [3.05, 3.63) is 121 Å². The third-order valence-electron chi connectivity index (χ3n) is 6.35. The van der Waals surface area contributed by atoms with Gasteiger partial charge in [-0.2, -0.15) is 39.5 Å². The van der Waals surface area contributed by atoms with Crippen molar-refractivity contribution in [3.63, 3.8) is 0 Å². The first kappa shape index (κ1) is 37.6. The number of alkyl halides is 3. The van der Waals surface area contributed by atoms with Crippen LogP contribution in [0.3, 0.4) is 0 Å². The molecule has 0 aliphatic heterocycles. The van der Waals surface area contributed by atoms with Gasteiger partial charge in [-0.05, 0) is 0 Å². The molecule has 0 aliphatic carbocycles. The number of ether oxygens (including phenoxy) is 2. The number of rotatable bonds is 7. The number of aldehydes is 1. The van der Waals surface area contributed by atoms with Crippen LogP contribution in [-0.2, 0) is 6.18 Å². The zero-order valence-electron chi connectivity index (χ0n) is 22.4. The molecule has 0 saturated heterocycles. The van der Waals surface area contributed by atoms with E-state index in [1.165, 1.54) is 0 Å². The van der Waals surface area contributed by atoms with Gasteiger partial charge in [0.15, 0.2) is 76.3 Å². The Morgan fingerprint density at radius 2 is 0.700 bits per heavy atom. The third kappa shape index (κ3) is 5.66. The van der Waals surface area contributed by atoms with Crippen LogP contribution < -0.4 is 9.47 Å². The van der Waals surface area contributed by atoms with Gasteiger partial charge in [0.05, 0.1) is 16.7 Å². The average Bonchev–Trinajstić information content (AvgIpc) is 3.05. The number of carbonyl (C=O) groups is 1. The fourth-order valence-electron chi connectivity index (χ4n) is 4.07. The van der Waals surface area contributed by atoms with E-state index in [2.05, 4.69) is 9.47 Å². The summed E-state index contributed by atoms with van der Waals surface area (Å²) in [6.07, 6.45) is -11.3. The molecule has 4 rings (SSSR count). The van der Waals surface area contributed by atoms with E-state index in [1.54, 1.807) is 0 Å². The lowest BCUT2D eigenvalue weighted by atomic mass is 9.97. The summed E-state index contributed by atoms with van der Waals surface area (Å²) < 4.78 is 292. The average molecular weight is 754 g/mol. The lowest BCUT2D eigenvalue weighted by Gasteiger charge is -2.24. The van der Waals surface area contributed by atoms with Crippen LogP contribution >= 0.6 is 0 Å². The second-order valence-corrected chi connectivity index (χ2v) is 9.16. The lowest BCUT2D eigenvalue weighted by molar-refractivity contribution is -0.143. The number of hydrogen-bond acceptors (Lipinski definition) is 3. The molecule has 0 saturated carbocycles. The predicted molar refractivity (Wildman–Crippen MR) is 118 cm³/mol. The first-order valence-electron chi connectivity index (χ1n) is 12.0. The molecule has 0 aromatic heterocycles. The molecule has 50 heavy (non-hydrogen) atoms. The molecule has 0 N–H and O–H groups in total. The highest BCUT2D eigenvalue weighted by atomic mass is 19.4. The number of halogens is 20. The minimum absolute atomic E-state index is 0.884. The summed E-state index contributed by atoms with van der Waals surface area (Å²) in [6, 6.07) is 0. The van der Waals surface area contributed by atoms with Crippen molar-refractivity contribution in [2.24, 2.45) is 0 Å². The van der Waals surface area contributed by atoms with Crippen molar-refractivity contribution in [1.29, 1.82) is 0 Å². The van der Waals surface area contributed by atoms with Crippen molar-refractivity contribution >= 4 is 6.29 Å². The smallest absolute Gasteiger partial charge is 0.422 e. The topological polar surface area (TPSA) is 35.5 Å². The SMILES string of the molecule is O=Cc1c(F)c(F)c(OC(c2c(F)c(F)c(F)c(F)c2F)c2c(F)c(F)c(Oc3c(F)c(F)c(C(F)(F)F)c(F)c3F)c(F)c2F)c(F)c1F. The Morgan fingerprint density at radius 1 is 0.400 bits per heavy atom. The van der Waals surface area contributed by atoms with Crippen molar-refractivity contribution in [3.8, 4) is 17.2 Å². The number of carbonyl (C=O) groups excluding carboxylic acids is 1. The van der Waals surface area contributed by atoms with Crippen LogP contribution in [0.15, 0.2) is 0 Å². The molecule has 0 amide bonds. The van der Waals surface area contributed by atoms with Gasteiger partial charge in [0.1, 0.15) is 5.56 Å². The summed E-state index contributed by atoms with van der Waals surface area (Å²) >= 11 is 0. The van der Waals surface area contributed by atoms with Gasteiger partial charge in [0.25, 0.3) is 0 Å². The second-order valence-electron chi connectivity index (χ2n) is 9.16. The van der Waals surface area contributed by atoms with Gasteiger partial charge < -0.3 is 9.47 Å². The van der Waals surface area contributed by atoms with Crippen molar-refractivity contribution in [2.45, 2.75) is 12.3 Å². The maximum atomic E-state index is 15.3. The van der Waals surface area contributed by atoms with Crippen LogP contribution in [0.5, 0.6) is 17.2 Å². The molecule has 1 unspecified atom stereocenters. The summed E-state index contributed by atoms with van der Waals surface area (Å²) in [5.74, 6) is -62.1. The van der Waals surface area contributed by atoms with Crippen LogP contribution in [0, 0.1) is 98.9 Å². The quantitative estimate of drug-likeness (QED) is 0.0816. The largest absolute Gasteiger partial charge is 0.474 e. The van der Waals surface area contributed by atoms with Crippen LogP contribution in [-0.4, -0.2) is 6.29 Å². The fraction of sp³-hybridized carbons (Fsp3) is 0.0741. The Bertz CT molecular complexity index is 1990. The maximum Gasteiger partial charge on any atom is 0.422 e. The van der Waals surface area contributed by atoms with Gasteiger partial charge >= 0.3 is 6.18 Å². The monoisotopic (exact) mass is 754 g/mol. The lowest BCUT2D eigenvalue weighted by Crippen LogP contribution is -2.23. The van der Waals surface area contributed by atoms with Crippen LogP contribution in [0.4, 0.5) is 87.8 Å². The Morgan fingerprint density at radius 3 is 1.04 bits per heavy atom. The van der Waals surface area contributed by atoms with Crippen molar-refractivity contribution < 1.29 is 102 Å². The molecule has 0 spiro atoms. The standard InChI is InChI=1S/C27H2F20O3/c28-6-2(1-48)7(29)18(40)24(17(6)39)49-23(3-8(30)14(36)16(38)15(37)9(3)31)4-10(32)19(41)25(20(42)11(4)33)50-26-21(43)12(34)5(27(45,46)47)13(35)22(26)44/h1,23H. The fourth-order valence-corrected chi connectivity index (χ4v) is 4.07. The van der Waals surface area contributed by atoms with E-state index in [9.17, 15) is 75.0 Å². The van der Waals surface area contributed by atoms with Crippen molar-refractivity contribution in [1.82, 2.24) is 0 Å². The molecule has 0 heterocycles. The van der Waals surface area contributed by atoms with Crippen molar-refractivity contribution in [2.75, 3.05) is 0 Å². The maximum absolute atomic E-state index is 15.3. The van der Waals surface area contributed by atoms with E-state index in [1.807, 2.05) is 0 Å². The summed E-state index contributed by atoms with van der Waals surface area (Å²) in [6.45, 7) is 0. The molecule has 0 bridgehead atoms. The summed E-state index contributed by atoms with van der Waals surface area (Å²) in [5, 5.41) is 0. The van der Waals surface area contributed by atoms with E-state index in [4.69, 9.17) is 0 Å². The minimum atomic E-state index is -6.19. The van der Waals surface area contributed by atoms with E-state index in [0.29, 0.717) is 0 Å². The summed E-state index contributed by atoms with van der Waals surface area (Å²) in [7, 11) is 0.